The van der Waals surface area contributed by atoms with E-state index in [0.29, 0.717) is 28.3 Å². The van der Waals surface area contributed by atoms with Gasteiger partial charge in [-0.05, 0) is 50.2 Å². The van der Waals surface area contributed by atoms with Crippen molar-refractivity contribution >= 4 is 28.3 Å². The number of hydrogen-bond acceptors (Lipinski definition) is 4. The Morgan fingerprint density at radius 1 is 0.829 bits per heavy atom. The van der Waals surface area contributed by atoms with Gasteiger partial charge in [-0.3, -0.25) is 19.6 Å². The molecule has 172 valence electrons. The summed E-state index contributed by atoms with van der Waals surface area (Å²) in [5.41, 5.74) is 4.69. The Kier molecular flexibility index (Phi) is 4.77. The largest absolute Gasteiger partial charge is 0.345 e. The third-order valence-electron chi connectivity index (χ3n) is 6.42. The van der Waals surface area contributed by atoms with Gasteiger partial charge in [0, 0.05) is 16.8 Å². The fourth-order valence-electron chi connectivity index (χ4n) is 4.64. The third kappa shape index (κ3) is 3.40. The number of aryl methyl sites for hydroxylation is 2. The first kappa shape index (κ1) is 20.9. The van der Waals surface area contributed by atoms with Crippen molar-refractivity contribution in [1.82, 2.24) is 14.8 Å². The average molecular weight is 462 g/mol. The molecule has 5 aromatic rings. The topological polar surface area (TPSA) is 83.0 Å². The number of nitrogens with zero attached hydrogens (tertiary/aromatic N) is 3. The van der Waals surface area contributed by atoms with Crippen LogP contribution in [-0.4, -0.2) is 20.7 Å². The van der Waals surface area contributed by atoms with Crippen molar-refractivity contribution in [3.63, 3.8) is 0 Å². The molecule has 1 unspecified atom stereocenters. The molecule has 3 aromatic carbocycles. The normalized spacial score (nSPS) is 15.2. The maximum atomic E-state index is 13.9. The molecule has 0 saturated carbocycles. The lowest BCUT2D eigenvalue weighted by Crippen LogP contribution is -2.45. The first-order valence-electron chi connectivity index (χ1n) is 11.4. The molecule has 1 atom stereocenters. The second kappa shape index (κ2) is 7.99. The van der Waals surface area contributed by atoms with Gasteiger partial charge in [0.05, 0.1) is 22.3 Å². The lowest BCUT2D eigenvalue weighted by atomic mass is 10.0. The van der Waals surface area contributed by atoms with E-state index in [2.05, 4.69) is 10.4 Å². The number of hydrogen-bond donors (Lipinski definition) is 2. The van der Waals surface area contributed by atoms with Crippen molar-refractivity contribution in [2.24, 2.45) is 0 Å². The van der Waals surface area contributed by atoms with Crippen LogP contribution in [0.25, 0.3) is 16.6 Å². The first-order valence-corrected chi connectivity index (χ1v) is 11.4. The zero-order valence-corrected chi connectivity index (χ0v) is 19.3. The minimum Gasteiger partial charge on any atom is -0.345 e. The number of aromatic nitrogens is 3. The van der Waals surface area contributed by atoms with Crippen LogP contribution >= 0.6 is 0 Å². The molecule has 6 rings (SSSR count). The highest BCUT2D eigenvalue weighted by Crippen LogP contribution is 2.37. The summed E-state index contributed by atoms with van der Waals surface area (Å²) in [6.07, 6.45) is -0.735. The van der Waals surface area contributed by atoms with Gasteiger partial charge in [0.25, 0.3) is 11.5 Å². The molecule has 1 aliphatic heterocycles. The number of nitrogens with one attached hydrogen (secondary N) is 2. The molecule has 0 spiro atoms. The van der Waals surface area contributed by atoms with E-state index >= 15 is 0 Å². The summed E-state index contributed by atoms with van der Waals surface area (Å²) in [7, 11) is 0. The van der Waals surface area contributed by atoms with Crippen LogP contribution in [0.5, 0.6) is 0 Å². The minimum absolute atomic E-state index is 0.213. The second-order valence-electron chi connectivity index (χ2n) is 8.76. The summed E-state index contributed by atoms with van der Waals surface area (Å²) in [5.74, 6) is 0.253. The lowest BCUT2D eigenvalue weighted by Gasteiger charge is -2.37. The molecule has 1 aliphatic rings. The summed E-state index contributed by atoms with van der Waals surface area (Å²) < 4.78 is 1.52. The molecule has 2 aromatic heterocycles. The van der Waals surface area contributed by atoms with E-state index in [-0.39, 0.29) is 11.5 Å². The Balaban J connectivity index is 1.55. The number of aromatic amines is 1. The first-order chi connectivity index (χ1) is 17.0. The molecule has 35 heavy (non-hydrogen) atoms. The fourth-order valence-corrected chi connectivity index (χ4v) is 4.64. The van der Waals surface area contributed by atoms with Gasteiger partial charge in [-0.15, -0.1) is 0 Å². The molecule has 0 saturated heterocycles. The van der Waals surface area contributed by atoms with E-state index in [4.69, 9.17) is 4.98 Å². The van der Waals surface area contributed by atoms with Crippen LogP contribution in [0.2, 0.25) is 0 Å². The van der Waals surface area contributed by atoms with Crippen molar-refractivity contribution in [1.29, 1.82) is 0 Å². The molecule has 1 amide bonds. The van der Waals surface area contributed by atoms with Crippen LogP contribution in [0.15, 0.2) is 89.7 Å². The summed E-state index contributed by atoms with van der Waals surface area (Å²) >= 11 is 0. The molecular formula is C28H23N5O2. The van der Waals surface area contributed by atoms with Gasteiger partial charge < -0.3 is 5.32 Å². The van der Waals surface area contributed by atoms with Crippen LogP contribution in [0.1, 0.15) is 33.3 Å². The quantitative estimate of drug-likeness (QED) is 0.392. The zero-order valence-electron chi connectivity index (χ0n) is 19.3. The maximum Gasteiger partial charge on any atom is 0.278 e. The number of carbonyl (C=O) groups excluding carboxylic acids is 1. The molecule has 0 radical (unpaired) electrons. The van der Waals surface area contributed by atoms with Crippen molar-refractivity contribution in [3.8, 4) is 5.69 Å². The van der Waals surface area contributed by atoms with Crippen LogP contribution in [-0.2, 0) is 0 Å². The van der Waals surface area contributed by atoms with Gasteiger partial charge in [-0.25, -0.2) is 9.67 Å². The molecule has 0 aliphatic carbocycles. The Morgan fingerprint density at radius 2 is 1.54 bits per heavy atom. The number of fused-ring (bicyclic) bond motifs is 2. The molecule has 0 fully saturated rings. The van der Waals surface area contributed by atoms with E-state index in [1.807, 2.05) is 98.8 Å². The predicted octanol–water partition coefficient (Wildman–Crippen LogP) is 5.10. The number of pyridine rings is 1. The molecule has 7 heteroatoms. The summed E-state index contributed by atoms with van der Waals surface area (Å²) in [6.45, 7) is 3.85. The highest BCUT2D eigenvalue weighted by Gasteiger charge is 2.38. The highest BCUT2D eigenvalue weighted by atomic mass is 16.2. The standard InChI is InChI=1S/C28H23N5O2/c1-17-12-14-21(15-13-17)33-28(35)24(18(2)31-33)26-30-25-22(16-19-8-6-7-11-23(19)29-25)27(34)32(26)20-9-4-3-5-10-20/h3-16,26,31H,1-2H3,(H,29,30). The van der Waals surface area contributed by atoms with Crippen LogP contribution in [0.4, 0.5) is 11.5 Å². The highest BCUT2D eigenvalue weighted by molar-refractivity contribution is 6.13. The molecular weight excluding hydrogens is 438 g/mol. The Morgan fingerprint density at radius 3 is 2.31 bits per heavy atom. The zero-order chi connectivity index (χ0) is 24.1. The van der Waals surface area contributed by atoms with Gasteiger partial charge in [-0.1, -0.05) is 54.1 Å². The number of amides is 1. The van der Waals surface area contributed by atoms with E-state index in [1.54, 1.807) is 4.90 Å². The van der Waals surface area contributed by atoms with Crippen molar-refractivity contribution in [2.45, 2.75) is 20.0 Å². The number of benzene rings is 3. The molecule has 3 heterocycles. The monoisotopic (exact) mass is 461 g/mol. The van der Waals surface area contributed by atoms with Crippen molar-refractivity contribution < 1.29 is 4.79 Å². The van der Waals surface area contributed by atoms with Gasteiger partial charge in [0.15, 0.2) is 0 Å². The third-order valence-corrected chi connectivity index (χ3v) is 6.42. The Bertz CT molecular complexity index is 1630. The van der Waals surface area contributed by atoms with E-state index in [1.165, 1.54) is 4.68 Å². The van der Waals surface area contributed by atoms with Gasteiger partial charge >= 0.3 is 0 Å². The Hall–Kier alpha value is -4.65. The maximum absolute atomic E-state index is 13.9. The van der Waals surface area contributed by atoms with E-state index < -0.39 is 6.17 Å². The van der Waals surface area contributed by atoms with Crippen LogP contribution in [0.3, 0.4) is 0 Å². The van der Waals surface area contributed by atoms with E-state index in [0.717, 1.165) is 22.2 Å². The Labute approximate surface area is 201 Å². The smallest absolute Gasteiger partial charge is 0.278 e. The summed E-state index contributed by atoms with van der Waals surface area (Å²) in [6, 6.07) is 26.6. The fraction of sp³-hybridized carbons (Fsp3) is 0.107. The number of anilines is 2. The predicted molar refractivity (Wildman–Crippen MR) is 137 cm³/mol. The number of carbonyl (C=O) groups is 1. The second-order valence-corrected chi connectivity index (χ2v) is 8.76. The minimum atomic E-state index is -0.735. The van der Waals surface area contributed by atoms with Gasteiger partial charge in [0.1, 0.15) is 12.0 Å². The van der Waals surface area contributed by atoms with Crippen molar-refractivity contribution in [2.75, 3.05) is 10.2 Å². The lowest BCUT2D eigenvalue weighted by molar-refractivity contribution is 0.0974. The molecule has 7 nitrogen and oxygen atoms in total. The van der Waals surface area contributed by atoms with Gasteiger partial charge in [0.2, 0.25) is 0 Å². The number of para-hydroxylation sites is 2. The molecule has 0 bridgehead atoms. The van der Waals surface area contributed by atoms with Gasteiger partial charge in [-0.2, -0.15) is 0 Å². The van der Waals surface area contributed by atoms with E-state index in [9.17, 15) is 9.59 Å². The van der Waals surface area contributed by atoms with Crippen LogP contribution < -0.4 is 15.8 Å². The number of rotatable bonds is 3. The van der Waals surface area contributed by atoms with Crippen LogP contribution in [0, 0.1) is 13.8 Å². The summed E-state index contributed by atoms with van der Waals surface area (Å²) in [5, 5.41) is 7.47. The van der Waals surface area contributed by atoms with Crippen molar-refractivity contribution in [3.05, 3.63) is 118 Å². The summed E-state index contributed by atoms with van der Waals surface area (Å²) in [4.78, 5) is 34.0. The number of H-pyrrole nitrogens is 1. The molecule has 2 N–H and O–H groups in total. The SMILES string of the molecule is Cc1ccc(-n2[nH]c(C)c(C3Nc4nc5ccccc5cc4C(=O)N3c3ccccc3)c2=O)cc1. The average Bonchev–Trinajstić information content (AvgIpc) is 3.17.